The van der Waals surface area contributed by atoms with Crippen molar-refractivity contribution in [1.82, 2.24) is 14.9 Å². The molecule has 1 atom stereocenters. The van der Waals surface area contributed by atoms with Crippen molar-refractivity contribution in [2.45, 2.75) is 55.4 Å². The lowest BCUT2D eigenvalue weighted by molar-refractivity contribution is -0.111. The molecule has 0 spiro atoms. The standard InChI is InChI=1S/C27H31FN4O3S2/c1-5-22(33)31-20-9-8-18(12-19(20)28)26(34)32-10-6-7-17(15-32)11-24-30-14-25(37-24)36-16-23-29-13-21(35-23)27(2,3)4/h5,8-9,12-14,17H,1,6-7,10-11,15-16H2,2-4H3,(H,31,33)/t17-/m0/s1. The summed E-state index contributed by atoms with van der Waals surface area (Å²) in [6, 6.07) is 4.12. The van der Waals surface area contributed by atoms with Gasteiger partial charge in [-0.25, -0.2) is 14.4 Å². The number of hydrogen-bond donors (Lipinski definition) is 1. The van der Waals surface area contributed by atoms with Crippen LogP contribution in [0.2, 0.25) is 0 Å². The Balaban J connectivity index is 1.31. The van der Waals surface area contributed by atoms with Gasteiger partial charge < -0.3 is 14.6 Å². The van der Waals surface area contributed by atoms with E-state index >= 15 is 0 Å². The van der Waals surface area contributed by atoms with Gasteiger partial charge in [-0.1, -0.05) is 27.4 Å². The lowest BCUT2D eigenvalue weighted by atomic mass is 9.94. The molecule has 10 heteroatoms. The van der Waals surface area contributed by atoms with Crippen LogP contribution < -0.4 is 5.32 Å². The second-order valence-corrected chi connectivity index (χ2v) is 12.5. The summed E-state index contributed by atoms with van der Waals surface area (Å²) < 4.78 is 21.4. The van der Waals surface area contributed by atoms with Crippen LogP contribution in [-0.2, 0) is 22.4 Å². The normalized spacial score (nSPS) is 16.0. The highest BCUT2D eigenvalue weighted by Crippen LogP contribution is 2.32. The van der Waals surface area contributed by atoms with Crippen molar-refractivity contribution < 1.29 is 18.4 Å². The van der Waals surface area contributed by atoms with E-state index in [0.29, 0.717) is 30.7 Å². The number of nitrogens with one attached hydrogen (secondary N) is 1. The van der Waals surface area contributed by atoms with Gasteiger partial charge in [0, 0.05) is 30.5 Å². The molecule has 1 aliphatic rings. The predicted molar refractivity (Wildman–Crippen MR) is 144 cm³/mol. The van der Waals surface area contributed by atoms with E-state index in [2.05, 4.69) is 42.6 Å². The van der Waals surface area contributed by atoms with E-state index in [0.717, 1.165) is 40.3 Å². The van der Waals surface area contributed by atoms with Crippen LogP contribution in [0.15, 0.2) is 51.9 Å². The fourth-order valence-electron chi connectivity index (χ4n) is 4.09. The largest absolute Gasteiger partial charge is 0.444 e. The predicted octanol–water partition coefficient (Wildman–Crippen LogP) is 6.08. The van der Waals surface area contributed by atoms with E-state index in [1.54, 1.807) is 34.2 Å². The molecule has 0 saturated carbocycles. The molecule has 2 aromatic heterocycles. The maximum Gasteiger partial charge on any atom is 0.253 e. The molecule has 1 fully saturated rings. The number of oxazole rings is 1. The number of benzene rings is 1. The van der Waals surface area contributed by atoms with Crippen LogP contribution in [0.25, 0.3) is 0 Å². The quantitative estimate of drug-likeness (QED) is 0.274. The summed E-state index contributed by atoms with van der Waals surface area (Å²) in [4.78, 5) is 35.3. The molecule has 1 aliphatic heterocycles. The summed E-state index contributed by atoms with van der Waals surface area (Å²) in [5, 5.41) is 3.43. The second-order valence-electron chi connectivity index (χ2n) is 10.1. The minimum Gasteiger partial charge on any atom is -0.444 e. The number of hydrogen-bond acceptors (Lipinski definition) is 7. The maximum absolute atomic E-state index is 14.4. The summed E-state index contributed by atoms with van der Waals surface area (Å²) in [5.41, 5.74) is 0.223. The van der Waals surface area contributed by atoms with Crippen molar-refractivity contribution in [2.24, 2.45) is 5.92 Å². The number of amides is 2. The molecule has 0 unspecified atom stereocenters. The number of nitrogens with zero attached hydrogens (tertiary/aromatic N) is 3. The zero-order chi connectivity index (χ0) is 26.6. The number of thiazole rings is 1. The van der Waals surface area contributed by atoms with Crippen molar-refractivity contribution in [2.75, 3.05) is 18.4 Å². The number of likely N-dealkylation sites (tertiary alicyclic amines) is 1. The first-order chi connectivity index (χ1) is 17.6. The number of piperidine rings is 1. The fourth-order valence-corrected chi connectivity index (χ4v) is 6.08. The fraction of sp³-hybridized carbons (Fsp3) is 0.407. The highest BCUT2D eigenvalue weighted by molar-refractivity contribution is 8.00. The Morgan fingerprint density at radius 2 is 2.14 bits per heavy atom. The number of carbonyl (C=O) groups is 2. The Morgan fingerprint density at radius 3 is 2.84 bits per heavy atom. The second kappa shape index (κ2) is 11.6. The van der Waals surface area contributed by atoms with Crippen molar-refractivity contribution in [3.8, 4) is 0 Å². The topological polar surface area (TPSA) is 88.3 Å². The minimum absolute atomic E-state index is 0.0212. The molecular formula is C27H31FN4O3S2. The minimum atomic E-state index is -0.651. The molecule has 37 heavy (non-hydrogen) atoms. The Morgan fingerprint density at radius 1 is 1.32 bits per heavy atom. The Kier molecular flexibility index (Phi) is 8.49. The van der Waals surface area contributed by atoms with E-state index in [1.165, 1.54) is 18.2 Å². The highest BCUT2D eigenvalue weighted by atomic mass is 32.2. The summed E-state index contributed by atoms with van der Waals surface area (Å²) in [6.45, 7) is 10.9. The number of anilines is 1. The van der Waals surface area contributed by atoms with Crippen LogP contribution in [-0.4, -0.2) is 39.8 Å². The van der Waals surface area contributed by atoms with Crippen molar-refractivity contribution in [3.63, 3.8) is 0 Å². The van der Waals surface area contributed by atoms with Crippen LogP contribution in [0.5, 0.6) is 0 Å². The number of halogens is 1. The lowest BCUT2D eigenvalue weighted by Crippen LogP contribution is -2.40. The van der Waals surface area contributed by atoms with Crippen molar-refractivity contribution in [1.29, 1.82) is 0 Å². The summed E-state index contributed by atoms with van der Waals surface area (Å²) in [6.07, 6.45) is 7.45. The molecule has 0 aliphatic carbocycles. The average Bonchev–Trinajstić information content (AvgIpc) is 3.53. The third-order valence-electron chi connectivity index (χ3n) is 6.09. The first-order valence-electron chi connectivity index (χ1n) is 12.2. The number of aromatic nitrogens is 2. The van der Waals surface area contributed by atoms with E-state index < -0.39 is 11.7 Å². The molecule has 0 bridgehead atoms. The average molecular weight is 543 g/mol. The van der Waals surface area contributed by atoms with E-state index in [4.69, 9.17) is 4.42 Å². The zero-order valence-electron chi connectivity index (χ0n) is 21.3. The number of thioether (sulfide) groups is 1. The van der Waals surface area contributed by atoms with Crippen LogP contribution >= 0.6 is 23.1 Å². The van der Waals surface area contributed by atoms with Gasteiger partial charge in [-0.15, -0.1) is 23.1 Å². The van der Waals surface area contributed by atoms with Gasteiger partial charge in [-0.2, -0.15) is 0 Å². The van der Waals surface area contributed by atoms with Crippen LogP contribution in [0.3, 0.4) is 0 Å². The Labute approximate surface area is 224 Å². The van der Waals surface area contributed by atoms with Gasteiger partial charge in [0.15, 0.2) is 0 Å². The molecule has 196 valence electrons. The Bertz CT molecular complexity index is 1280. The summed E-state index contributed by atoms with van der Waals surface area (Å²) in [5.74, 6) is 1.16. The Hall–Kier alpha value is -2.98. The first kappa shape index (κ1) is 27.1. The van der Waals surface area contributed by atoms with Gasteiger partial charge in [0.2, 0.25) is 11.8 Å². The smallest absolute Gasteiger partial charge is 0.253 e. The van der Waals surface area contributed by atoms with Crippen LogP contribution in [0.1, 0.15) is 60.6 Å². The van der Waals surface area contributed by atoms with Gasteiger partial charge in [-0.3, -0.25) is 9.59 Å². The molecule has 1 aromatic carbocycles. The summed E-state index contributed by atoms with van der Waals surface area (Å²) in [7, 11) is 0. The SMILES string of the molecule is C=CC(=O)Nc1ccc(C(=O)N2CCC[C@@H](Cc3ncc(SCc4ncc(C(C)(C)C)o4)s3)C2)cc1F. The third kappa shape index (κ3) is 7.07. The van der Waals surface area contributed by atoms with Gasteiger partial charge in [0.25, 0.3) is 5.91 Å². The molecular weight excluding hydrogens is 511 g/mol. The van der Waals surface area contributed by atoms with Gasteiger partial charge >= 0.3 is 0 Å². The highest BCUT2D eigenvalue weighted by Gasteiger charge is 2.26. The van der Waals surface area contributed by atoms with Gasteiger partial charge in [0.05, 0.1) is 33.1 Å². The number of rotatable bonds is 8. The monoisotopic (exact) mass is 542 g/mol. The molecule has 1 N–H and O–H groups in total. The summed E-state index contributed by atoms with van der Waals surface area (Å²) >= 11 is 3.32. The zero-order valence-corrected chi connectivity index (χ0v) is 22.9. The van der Waals surface area contributed by atoms with Gasteiger partial charge in [0.1, 0.15) is 11.6 Å². The molecule has 0 radical (unpaired) electrons. The molecule has 7 nitrogen and oxygen atoms in total. The molecule has 3 heterocycles. The molecule has 1 saturated heterocycles. The molecule has 2 amide bonds. The maximum atomic E-state index is 14.4. The molecule has 4 rings (SSSR count). The van der Waals surface area contributed by atoms with Crippen molar-refractivity contribution in [3.05, 3.63) is 71.3 Å². The third-order valence-corrected chi connectivity index (χ3v) is 8.29. The van der Waals surface area contributed by atoms with Crippen LogP contribution in [0, 0.1) is 11.7 Å². The molecule has 3 aromatic rings. The lowest BCUT2D eigenvalue weighted by Gasteiger charge is -2.32. The van der Waals surface area contributed by atoms with E-state index in [-0.39, 0.29) is 22.6 Å². The van der Waals surface area contributed by atoms with Gasteiger partial charge in [-0.05, 0) is 43.0 Å². The van der Waals surface area contributed by atoms with Crippen molar-refractivity contribution >= 4 is 40.6 Å². The van der Waals surface area contributed by atoms with E-state index in [9.17, 15) is 14.0 Å². The first-order valence-corrected chi connectivity index (χ1v) is 14.0. The number of carbonyl (C=O) groups excluding carboxylic acids is 2. The van der Waals surface area contributed by atoms with Crippen LogP contribution in [0.4, 0.5) is 10.1 Å². The van der Waals surface area contributed by atoms with E-state index in [1.807, 2.05) is 6.20 Å².